The second-order valence-corrected chi connectivity index (χ2v) is 6.77. The molecule has 6 nitrogen and oxygen atoms in total. The summed E-state index contributed by atoms with van der Waals surface area (Å²) in [5.74, 6) is 1.88. The van der Waals surface area contributed by atoms with E-state index < -0.39 is 0 Å². The molecule has 1 saturated heterocycles. The van der Waals surface area contributed by atoms with E-state index in [1.165, 1.54) is 5.56 Å². The molecule has 3 rings (SSSR count). The Balaban J connectivity index is 1.57. The van der Waals surface area contributed by atoms with E-state index in [0.29, 0.717) is 30.8 Å². The summed E-state index contributed by atoms with van der Waals surface area (Å²) in [7, 11) is 0. The van der Waals surface area contributed by atoms with Gasteiger partial charge in [-0.2, -0.15) is 4.98 Å². The molecule has 1 aromatic carbocycles. The summed E-state index contributed by atoms with van der Waals surface area (Å²) in [5.41, 5.74) is 2.40. The number of anilines is 1. The Morgan fingerprint density at radius 2 is 2.08 bits per heavy atom. The summed E-state index contributed by atoms with van der Waals surface area (Å²) in [6.07, 6.45) is 3.99. The number of nitrogens with zero attached hydrogens (tertiary/aromatic N) is 3. The van der Waals surface area contributed by atoms with Gasteiger partial charge in [0.2, 0.25) is 5.89 Å². The van der Waals surface area contributed by atoms with Gasteiger partial charge in [0.15, 0.2) is 5.82 Å². The summed E-state index contributed by atoms with van der Waals surface area (Å²) >= 11 is 0. The molecule has 2 aromatic rings. The Hall–Kier alpha value is -1.92. The van der Waals surface area contributed by atoms with Crippen LogP contribution in [0.2, 0.25) is 0 Å². The van der Waals surface area contributed by atoms with Crippen LogP contribution in [0, 0.1) is 5.92 Å². The maximum absolute atomic E-state index is 9.28. The fraction of sp³-hybridized carbons (Fsp3) is 0.579. The number of rotatable bonds is 8. The highest BCUT2D eigenvalue weighted by molar-refractivity contribution is 5.51. The van der Waals surface area contributed by atoms with Crippen molar-refractivity contribution in [1.29, 1.82) is 0 Å². The van der Waals surface area contributed by atoms with Crippen LogP contribution >= 0.6 is 0 Å². The van der Waals surface area contributed by atoms with Crippen LogP contribution in [0.5, 0.6) is 0 Å². The van der Waals surface area contributed by atoms with E-state index in [-0.39, 0.29) is 0 Å². The molecule has 2 heterocycles. The lowest BCUT2D eigenvalue weighted by molar-refractivity contribution is 0.127. The molecule has 0 aliphatic carbocycles. The molecule has 0 amide bonds. The highest BCUT2D eigenvalue weighted by Gasteiger charge is 2.19. The Morgan fingerprint density at radius 3 is 2.84 bits per heavy atom. The molecule has 1 aliphatic rings. The van der Waals surface area contributed by atoms with Crippen molar-refractivity contribution >= 4 is 5.69 Å². The Morgan fingerprint density at radius 1 is 1.28 bits per heavy atom. The second-order valence-electron chi connectivity index (χ2n) is 6.77. The number of para-hydroxylation sites is 1. The van der Waals surface area contributed by atoms with Gasteiger partial charge in [-0.1, -0.05) is 30.3 Å². The number of piperidine rings is 1. The normalized spacial score (nSPS) is 16.2. The van der Waals surface area contributed by atoms with Crippen LogP contribution in [0.3, 0.4) is 0 Å². The zero-order chi connectivity index (χ0) is 17.5. The summed E-state index contributed by atoms with van der Waals surface area (Å²) < 4.78 is 5.24. The molecule has 0 unspecified atom stereocenters. The van der Waals surface area contributed by atoms with Gasteiger partial charge in [-0.3, -0.25) is 4.90 Å². The number of nitrogens with one attached hydrogen (secondary N) is 1. The number of aryl methyl sites for hydroxylation is 1. The van der Waals surface area contributed by atoms with E-state index >= 15 is 0 Å². The largest absolute Gasteiger partial charge is 0.396 e. The van der Waals surface area contributed by atoms with Gasteiger partial charge in [0.1, 0.15) is 0 Å². The smallest absolute Gasteiger partial charge is 0.226 e. The second kappa shape index (κ2) is 8.97. The van der Waals surface area contributed by atoms with Crippen LogP contribution in [0.25, 0.3) is 0 Å². The van der Waals surface area contributed by atoms with Crippen molar-refractivity contribution in [3.63, 3.8) is 0 Å². The first kappa shape index (κ1) is 17.9. The lowest BCUT2D eigenvalue weighted by atomic mass is 9.97. The lowest BCUT2D eigenvalue weighted by Gasteiger charge is -2.31. The third kappa shape index (κ3) is 5.03. The quantitative estimate of drug-likeness (QED) is 0.767. The minimum atomic E-state index is 0.316. The van der Waals surface area contributed by atoms with Crippen molar-refractivity contribution < 1.29 is 9.63 Å². The molecule has 1 aliphatic heterocycles. The van der Waals surface area contributed by atoms with Crippen molar-refractivity contribution in [3.8, 4) is 0 Å². The van der Waals surface area contributed by atoms with Crippen LogP contribution in [0.4, 0.5) is 5.69 Å². The topological polar surface area (TPSA) is 74.4 Å². The number of aliphatic hydroxyl groups excluding tert-OH is 1. The fourth-order valence-electron chi connectivity index (χ4n) is 3.25. The highest BCUT2D eigenvalue weighted by Crippen LogP contribution is 2.22. The van der Waals surface area contributed by atoms with Gasteiger partial charge in [0, 0.05) is 25.3 Å². The maximum atomic E-state index is 9.28. The average molecular weight is 344 g/mol. The van der Waals surface area contributed by atoms with Crippen molar-refractivity contribution in [3.05, 3.63) is 41.5 Å². The molecule has 0 spiro atoms. The molecule has 2 N–H and O–H groups in total. The number of hydrogen-bond donors (Lipinski definition) is 2. The SMILES string of the molecule is CCCc1nc(CNc2ccccc2CN2CCC(CO)CC2)no1. The number of likely N-dealkylation sites (tertiary alicyclic amines) is 1. The average Bonchev–Trinajstić information content (AvgIpc) is 3.09. The molecular formula is C19H28N4O2. The predicted octanol–water partition coefficient (Wildman–Crippen LogP) is 2.84. The standard InChI is InChI=1S/C19H28N4O2/c1-2-5-19-21-18(22-25-19)12-20-17-7-4-3-6-16(17)13-23-10-8-15(14-24)9-11-23/h3-4,6-7,15,20,24H,2,5,8-14H2,1H3. The van der Waals surface area contributed by atoms with Crippen LogP contribution in [-0.2, 0) is 19.5 Å². The summed E-state index contributed by atoms with van der Waals surface area (Å²) in [6.45, 7) is 6.00. The van der Waals surface area contributed by atoms with Gasteiger partial charge in [0.25, 0.3) is 0 Å². The van der Waals surface area contributed by atoms with Crippen molar-refractivity contribution in [2.45, 2.75) is 45.7 Å². The van der Waals surface area contributed by atoms with E-state index in [1.54, 1.807) is 0 Å². The number of benzene rings is 1. The van der Waals surface area contributed by atoms with E-state index in [9.17, 15) is 5.11 Å². The molecule has 0 atom stereocenters. The van der Waals surface area contributed by atoms with Crippen LogP contribution in [-0.4, -0.2) is 39.8 Å². The van der Waals surface area contributed by atoms with Crippen LogP contribution in [0.1, 0.15) is 43.5 Å². The molecule has 25 heavy (non-hydrogen) atoms. The number of aromatic nitrogens is 2. The monoisotopic (exact) mass is 344 g/mol. The Bertz CT molecular complexity index is 650. The molecule has 0 bridgehead atoms. The predicted molar refractivity (Wildman–Crippen MR) is 97.1 cm³/mol. The summed E-state index contributed by atoms with van der Waals surface area (Å²) in [4.78, 5) is 6.86. The minimum absolute atomic E-state index is 0.316. The van der Waals surface area contributed by atoms with E-state index in [2.05, 4.69) is 45.5 Å². The summed E-state index contributed by atoms with van der Waals surface area (Å²) in [6, 6.07) is 8.39. The Kier molecular flexibility index (Phi) is 6.42. The van der Waals surface area contributed by atoms with Crippen LogP contribution in [0.15, 0.2) is 28.8 Å². The van der Waals surface area contributed by atoms with Gasteiger partial charge in [-0.05, 0) is 49.9 Å². The molecule has 6 heteroatoms. The molecule has 0 radical (unpaired) electrons. The lowest BCUT2D eigenvalue weighted by Crippen LogP contribution is -2.34. The van der Waals surface area contributed by atoms with Gasteiger partial charge in [0.05, 0.1) is 6.54 Å². The molecule has 0 saturated carbocycles. The van der Waals surface area contributed by atoms with E-state index in [0.717, 1.165) is 51.0 Å². The van der Waals surface area contributed by atoms with Gasteiger partial charge in [-0.25, -0.2) is 0 Å². The molecular weight excluding hydrogens is 316 g/mol. The number of aliphatic hydroxyl groups is 1. The van der Waals surface area contributed by atoms with Crippen molar-refractivity contribution in [1.82, 2.24) is 15.0 Å². The first-order valence-corrected chi connectivity index (χ1v) is 9.25. The fourth-order valence-corrected chi connectivity index (χ4v) is 3.25. The Labute approximate surface area is 149 Å². The third-order valence-electron chi connectivity index (χ3n) is 4.79. The molecule has 1 fully saturated rings. The number of hydrogen-bond acceptors (Lipinski definition) is 6. The molecule has 136 valence electrons. The third-order valence-corrected chi connectivity index (χ3v) is 4.79. The highest BCUT2D eigenvalue weighted by atomic mass is 16.5. The van der Waals surface area contributed by atoms with Gasteiger partial charge < -0.3 is 14.9 Å². The molecule has 1 aromatic heterocycles. The van der Waals surface area contributed by atoms with Gasteiger partial charge >= 0.3 is 0 Å². The van der Waals surface area contributed by atoms with Crippen LogP contribution < -0.4 is 5.32 Å². The van der Waals surface area contributed by atoms with Crippen molar-refractivity contribution in [2.75, 3.05) is 25.0 Å². The zero-order valence-corrected chi connectivity index (χ0v) is 14.9. The zero-order valence-electron chi connectivity index (χ0n) is 14.9. The van der Waals surface area contributed by atoms with Crippen molar-refractivity contribution in [2.24, 2.45) is 5.92 Å². The summed E-state index contributed by atoms with van der Waals surface area (Å²) in [5, 5.41) is 16.7. The first-order chi connectivity index (χ1) is 12.3. The van der Waals surface area contributed by atoms with E-state index in [4.69, 9.17) is 4.52 Å². The van der Waals surface area contributed by atoms with Gasteiger partial charge in [-0.15, -0.1) is 0 Å². The maximum Gasteiger partial charge on any atom is 0.226 e. The minimum Gasteiger partial charge on any atom is -0.396 e. The van der Waals surface area contributed by atoms with E-state index in [1.807, 2.05) is 6.07 Å². The first-order valence-electron chi connectivity index (χ1n) is 9.25.